The van der Waals surface area contributed by atoms with E-state index in [0.717, 1.165) is 0 Å². The van der Waals surface area contributed by atoms with Gasteiger partial charge in [-0.25, -0.2) is 17.6 Å². The molecule has 0 aliphatic rings. The van der Waals surface area contributed by atoms with Crippen LogP contribution in [0.25, 0.3) is 0 Å². The van der Waals surface area contributed by atoms with Gasteiger partial charge >= 0.3 is 0 Å². The number of anilines is 1. The lowest BCUT2D eigenvalue weighted by molar-refractivity contribution is 0.458. The number of hydrogen-bond donors (Lipinski definition) is 1. The molecule has 2 rings (SSSR count). The monoisotopic (exact) mass is 365 g/mol. The predicted molar refractivity (Wildman–Crippen MR) is 73.9 cm³/mol. The third-order valence-electron chi connectivity index (χ3n) is 3.00. The van der Waals surface area contributed by atoms with Crippen molar-refractivity contribution in [2.45, 2.75) is 26.9 Å². The van der Waals surface area contributed by atoms with E-state index in [0.29, 0.717) is 22.4 Å². The molecule has 0 saturated carbocycles. The Bertz CT molecular complexity index is 659. The van der Waals surface area contributed by atoms with Gasteiger partial charge in [0.2, 0.25) is 0 Å². The molecule has 0 radical (unpaired) electrons. The molecule has 21 heavy (non-hydrogen) atoms. The van der Waals surface area contributed by atoms with E-state index in [1.165, 1.54) is 0 Å². The molecule has 1 aromatic heterocycles. The van der Waals surface area contributed by atoms with Crippen LogP contribution in [0.5, 0.6) is 0 Å². The smallest absolute Gasteiger partial charge is 0.185 e. The molecule has 0 aliphatic carbocycles. The summed E-state index contributed by atoms with van der Waals surface area (Å²) in [6, 6.07) is 0.173. The van der Waals surface area contributed by atoms with Crippen molar-refractivity contribution >= 4 is 21.6 Å². The van der Waals surface area contributed by atoms with Crippen molar-refractivity contribution in [2.24, 2.45) is 0 Å². The molecule has 0 amide bonds. The van der Waals surface area contributed by atoms with E-state index in [1.54, 1.807) is 11.6 Å². The summed E-state index contributed by atoms with van der Waals surface area (Å²) in [5.41, 5.74) is 0.499. The number of nitrogens with zero attached hydrogens (tertiary/aromatic N) is 2. The Morgan fingerprint density at radius 3 is 2.29 bits per heavy atom. The average Bonchev–Trinajstić information content (AvgIpc) is 2.72. The molecule has 3 nitrogen and oxygen atoms in total. The van der Waals surface area contributed by atoms with Crippen LogP contribution in [0.2, 0.25) is 0 Å². The highest BCUT2D eigenvalue weighted by Crippen LogP contribution is 2.26. The number of benzene rings is 1. The topological polar surface area (TPSA) is 29.9 Å². The van der Waals surface area contributed by atoms with Crippen LogP contribution >= 0.6 is 15.9 Å². The predicted octanol–water partition coefficient (Wildman–Crippen LogP) is 4.14. The van der Waals surface area contributed by atoms with Crippen LogP contribution in [0.3, 0.4) is 0 Å². The molecular weight excluding hydrogens is 354 g/mol. The molecule has 1 heterocycles. The van der Waals surface area contributed by atoms with Gasteiger partial charge in [-0.3, -0.25) is 4.68 Å². The van der Waals surface area contributed by atoms with E-state index in [-0.39, 0.29) is 12.6 Å². The molecule has 0 atom stereocenters. The van der Waals surface area contributed by atoms with Crippen LogP contribution in [0.4, 0.5) is 23.2 Å². The fourth-order valence-corrected chi connectivity index (χ4v) is 2.36. The Kier molecular flexibility index (Phi) is 4.55. The molecule has 0 unspecified atom stereocenters. The normalized spacial score (nSPS) is 11.0. The molecule has 2 aromatic rings. The Morgan fingerprint density at radius 2 is 1.76 bits per heavy atom. The van der Waals surface area contributed by atoms with Gasteiger partial charge in [0.1, 0.15) is 5.69 Å². The Hall–Kier alpha value is -1.57. The van der Waals surface area contributed by atoms with E-state index >= 15 is 0 Å². The second-order valence-electron chi connectivity index (χ2n) is 4.36. The minimum absolute atomic E-state index is 0.0357. The number of hydrogen-bond acceptors (Lipinski definition) is 2. The lowest BCUT2D eigenvalue weighted by Crippen LogP contribution is -2.11. The highest BCUT2D eigenvalue weighted by atomic mass is 79.9. The van der Waals surface area contributed by atoms with E-state index in [1.807, 2.05) is 6.92 Å². The summed E-state index contributed by atoms with van der Waals surface area (Å²) in [6.45, 7) is 4.13. The van der Waals surface area contributed by atoms with Crippen molar-refractivity contribution in [1.82, 2.24) is 9.78 Å². The second-order valence-corrected chi connectivity index (χ2v) is 5.15. The molecule has 1 N–H and O–H groups in total. The first-order valence-electron chi connectivity index (χ1n) is 6.15. The third kappa shape index (κ3) is 2.90. The minimum Gasteiger partial charge on any atom is -0.374 e. The minimum atomic E-state index is -1.45. The van der Waals surface area contributed by atoms with Crippen LogP contribution in [-0.2, 0) is 13.1 Å². The lowest BCUT2D eigenvalue weighted by atomic mass is 10.2. The molecular formula is C13H12BrF4N3. The molecule has 1 aromatic carbocycles. The number of aryl methyl sites for hydroxylation is 2. The summed E-state index contributed by atoms with van der Waals surface area (Å²) in [5, 5.41) is 6.60. The van der Waals surface area contributed by atoms with Gasteiger partial charge in [-0.05, 0) is 29.8 Å². The first kappa shape index (κ1) is 15.8. The van der Waals surface area contributed by atoms with Crippen molar-refractivity contribution in [2.75, 3.05) is 5.32 Å². The van der Waals surface area contributed by atoms with Crippen molar-refractivity contribution in [1.29, 1.82) is 0 Å². The van der Waals surface area contributed by atoms with Gasteiger partial charge in [-0.1, -0.05) is 0 Å². The molecule has 0 spiro atoms. The Labute approximate surface area is 127 Å². The first-order chi connectivity index (χ1) is 9.86. The molecule has 0 bridgehead atoms. The van der Waals surface area contributed by atoms with Gasteiger partial charge in [0, 0.05) is 12.6 Å². The Balaban J connectivity index is 2.33. The quantitative estimate of drug-likeness (QED) is 0.651. The molecule has 0 fully saturated rings. The fourth-order valence-electron chi connectivity index (χ4n) is 1.94. The maximum absolute atomic E-state index is 13.6. The van der Waals surface area contributed by atoms with E-state index < -0.39 is 29.0 Å². The highest BCUT2D eigenvalue weighted by molar-refractivity contribution is 9.10. The number of halogens is 5. The van der Waals surface area contributed by atoms with E-state index in [9.17, 15) is 17.6 Å². The van der Waals surface area contributed by atoms with Crippen molar-refractivity contribution in [3.63, 3.8) is 0 Å². The SMILES string of the molecule is CCn1nc(C)c(Br)c1CNc1c(F)c(F)cc(F)c1F. The maximum Gasteiger partial charge on any atom is 0.185 e. The van der Waals surface area contributed by atoms with E-state index in [4.69, 9.17) is 0 Å². The van der Waals surface area contributed by atoms with Gasteiger partial charge in [-0.15, -0.1) is 0 Å². The summed E-state index contributed by atoms with van der Waals surface area (Å²) in [6.07, 6.45) is 0. The number of nitrogens with one attached hydrogen (secondary N) is 1. The summed E-state index contributed by atoms with van der Waals surface area (Å²) in [7, 11) is 0. The van der Waals surface area contributed by atoms with Crippen LogP contribution in [0.1, 0.15) is 18.3 Å². The van der Waals surface area contributed by atoms with Gasteiger partial charge in [0.05, 0.1) is 22.4 Å². The standard InChI is InChI=1S/C13H12BrF4N3/c1-3-21-9(10(14)6(2)20-21)5-19-13-11(17)7(15)4-8(16)12(13)18/h4,19H,3,5H2,1-2H3. The summed E-state index contributed by atoms with van der Waals surface area (Å²) in [4.78, 5) is 0. The highest BCUT2D eigenvalue weighted by Gasteiger charge is 2.20. The lowest BCUT2D eigenvalue weighted by Gasteiger charge is -2.11. The number of rotatable bonds is 4. The molecule has 0 aliphatic heterocycles. The van der Waals surface area contributed by atoms with Gasteiger partial charge < -0.3 is 5.32 Å². The summed E-state index contributed by atoms with van der Waals surface area (Å²) >= 11 is 3.32. The van der Waals surface area contributed by atoms with Crippen LogP contribution in [0.15, 0.2) is 10.5 Å². The number of aromatic nitrogens is 2. The molecule has 8 heteroatoms. The molecule has 0 saturated heterocycles. The van der Waals surface area contributed by atoms with Crippen molar-refractivity contribution < 1.29 is 17.6 Å². The van der Waals surface area contributed by atoms with Crippen molar-refractivity contribution in [3.05, 3.63) is 45.2 Å². The molecule has 114 valence electrons. The zero-order chi connectivity index (χ0) is 15.7. The largest absolute Gasteiger partial charge is 0.374 e. The van der Waals surface area contributed by atoms with Crippen LogP contribution < -0.4 is 5.32 Å². The van der Waals surface area contributed by atoms with Gasteiger partial charge in [-0.2, -0.15) is 5.10 Å². The van der Waals surface area contributed by atoms with Gasteiger partial charge in [0.25, 0.3) is 0 Å². The summed E-state index contributed by atoms with van der Waals surface area (Å²) < 4.78 is 55.7. The fraction of sp³-hybridized carbons (Fsp3) is 0.308. The average molecular weight is 366 g/mol. The van der Waals surface area contributed by atoms with Crippen molar-refractivity contribution in [3.8, 4) is 0 Å². The van der Waals surface area contributed by atoms with Gasteiger partial charge in [0.15, 0.2) is 23.3 Å². The van der Waals surface area contributed by atoms with Crippen LogP contribution in [0, 0.1) is 30.2 Å². The summed E-state index contributed by atoms with van der Waals surface area (Å²) in [5.74, 6) is -5.81. The zero-order valence-electron chi connectivity index (χ0n) is 11.3. The second kappa shape index (κ2) is 6.05. The Morgan fingerprint density at radius 1 is 1.19 bits per heavy atom. The van der Waals surface area contributed by atoms with E-state index in [2.05, 4.69) is 26.3 Å². The van der Waals surface area contributed by atoms with Crippen LogP contribution in [-0.4, -0.2) is 9.78 Å². The first-order valence-corrected chi connectivity index (χ1v) is 6.94. The zero-order valence-corrected chi connectivity index (χ0v) is 12.9. The maximum atomic E-state index is 13.6. The third-order valence-corrected chi connectivity index (χ3v) is 4.03.